The summed E-state index contributed by atoms with van der Waals surface area (Å²) in [5.41, 5.74) is 4.43. The summed E-state index contributed by atoms with van der Waals surface area (Å²) in [5.74, 6) is 0.653. The number of aryl methyl sites for hydroxylation is 1. The molecule has 1 aromatic heterocycles. The standard InChI is InChI=1S/C14H18S/c1-5-11-6-7-12-8-13(9(2)3)15-14(12)10(11)4/h5,8-9H,1,6-7H2,2-4H3. The van der Waals surface area contributed by atoms with E-state index in [1.165, 1.54) is 27.3 Å². The van der Waals surface area contributed by atoms with Crippen LogP contribution in [0.25, 0.3) is 5.57 Å². The Morgan fingerprint density at radius 1 is 1.40 bits per heavy atom. The van der Waals surface area contributed by atoms with E-state index < -0.39 is 0 Å². The highest BCUT2D eigenvalue weighted by Crippen LogP contribution is 2.39. The van der Waals surface area contributed by atoms with Crippen molar-refractivity contribution >= 4 is 16.9 Å². The van der Waals surface area contributed by atoms with Gasteiger partial charge in [0.15, 0.2) is 0 Å². The van der Waals surface area contributed by atoms with Crippen LogP contribution in [-0.2, 0) is 6.42 Å². The second-order valence-electron chi connectivity index (χ2n) is 4.51. The van der Waals surface area contributed by atoms with Gasteiger partial charge in [0.25, 0.3) is 0 Å². The zero-order chi connectivity index (χ0) is 11.0. The first kappa shape index (κ1) is 10.7. The van der Waals surface area contributed by atoms with Crippen LogP contribution in [0.3, 0.4) is 0 Å². The molecule has 0 unspecified atom stereocenters. The predicted octanol–water partition coefficient (Wildman–Crippen LogP) is 4.78. The Morgan fingerprint density at radius 2 is 2.13 bits per heavy atom. The van der Waals surface area contributed by atoms with E-state index in [1.54, 1.807) is 5.56 Å². The molecule has 80 valence electrons. The number of allylic oxidation sites excluding steroid dienone is 3. The Kier molecular flexibility index (Phi) is 2.83. The van der Waals surface area contributed by atoms with E-state index in [1.807, 2.05) is 17.4 Å². The maximum absolute atomic E-state index is 3.90. The molecule has 1 heterocycles. The van der Waals surface area contributed by atoms with Crippen LogP contribution in [0, 0.1) is 0 Å². The number of fused-ring (bicyclic) bond motifs is 1. The topological polar surface area (TPSA) is 0 Å². The second kappa shape index (κ2) is 3.97. The number of hydrogen-bond donors (Lipinski definition) is 0. The van der Waals surface area contributed by atoms with Crippen molar-refractivity contribution in [3.8, 4) is 0 Å². The minimum atomic E-state index is 0.653. The maximum Gasteiger partial charge on any atom is 0.0337 e. The Hall–Kier alpha value is -0.820. The summed E-state index contributed by atoms with van der Waals surface area (Å²) in [5, 5.41) is 0. The molecule has 0 aromatic carbocycles. The first-order chi connectivity index (χ1) is 7.13. The van der Waals surface area contributed by atoms with Crippen molar-refractivity contribution in [1.29, 1.82) is 0 Å². The zero-order valence-corrected chi connectivity index (χ0v) is 10.6. The molecule has 0 atom stereocenters. The molecule has 0 spiro atoms. The number of rotatable bonds is 2. The lowest BCUT2D eigenvalue weighted by molar-refractivity contribution is 0.883. The third-order valence-corrected chi connectivity index (χ3v) is 4.73. The maximum atomic E-state index is 3.90. The van der Waals surface area contributed by atoms with E-state index in [9.17, 15) is 0 Å². The summed E-state index contributed by atoms with van der Waals surface area (Å²) >= 11 is 1.96. The van der Waals surface area contributed by atoms with Gasteiger partial charge in [-0.3, -0.25) is 0 Å². The average Bonchev–Trinajstić information content (AvgIpc) is 2.63. The van der Waals surface area contributed by atoms with Crippen LogP contribution in [0.4, 0.5) is 0 Å². The van der Waals surface area contributed by atoms with Gasteiger partial charge in [0.1, 0.15) is 0 Å². The molecule has 0 bridgehead atoms. The summed E-state index contributed by atoms with van der Waals surface area (Å²) in [6.45, 7) is 10.7. The van der Waals surface area contributed by atoms with Crippen LogP contribution >= 0.6 is 11.3 Å². The molecule has 0 saturated carbocycles. The second-order valence-corrected chi connectivity index (χ2v) is 5.60. The minimum Gasteiger partial charge on any atom is -0.140 e. The number of hydrogen-bond acceptors (Lipinski definition) is 1. The Labute approximate surface area is 96.3 Å². The van der Waals surface area contributed by atoms with Crippen molar-refractivity contribution in [1.82, 2.24) is 0 Å². The summed E-state index contributed by atoms with van der Waals surface area (Å²) in [4.78, 5) is 3.02. The molecule has 0 nitrogen and oxygen atoms in total. The molecule has 2 rings (SSSR count). The van der Waals surface area contributed by atoms with Crippen LogP contribution in [0.15, 0.2) is 24.3 Å². The van der Waals surface area contributed by atoms with Crippen LogP contribution in [0.5, 0.6) is 0 Å². The summed E-state index contributed by atoms with van der Waals surface area (Å²) in [6, 6.07) is 2.40. The van der Waals surface area contributed by atoms with Crippen molar-refractivity contribution in [2.75, 3.05) is 0 Å². The largest absolute Gasteiger partial charge is 0.140 e. The van der Waals surface area contributed by atoms with E-state index >= 15 is 0 Å². The normalized spacial score (nSPS) is 15.7. The Morgan fingerprint density at radius 3 is 2.73 bits per heavy atom. The fraction of sp³-hybridized carbons (Fsp3) is 0.429. The lowest BCUT2D eigenvalue weighted by Crippen LogP contribution is -1.97. The van der Waals surface area contributed by atoms with Crippen molar-refractivity contribution in [2.24, 2.45) is 0 Å². The van der Waals surface area contributed by atoms with E-state index in [0.717, 1.165) is 6.42 Å². The summed E-state index contributed by atoms with van der Waals surface area (Å²) < 4.78 is 0. The van der Waals surface area contributed by atoms with Gasteiger partial charge < -0.3 is 0 Å². The SMILES string of the molecule is C=CC1=C(C)c2sc(C(C)C)cc2CC1. The molecule has 0 amide bonds. The first-order valence-electron chi connectivity index (χ1n) is 5.58. The van der Waals surface area contributed by atoms with Crippen molar-refractivity contribution in [3.05, 3.63) is 39.6 Å². The molecular formula is C14H18S. The molecule has 0 radical (unpaired) electrons. The van der Waals surface area contributed by atoms with E-state index in [-0.39, 0.29) is 0 Å². The monoisotopic (exact) mass is 218 g/mol. The van der Waals surface area contributed by atoms with Gasteiger partial charge in [-0.1, -0.05) is 26.5 Å². The third-order valence-electron chi connectivity index (χ3n) is 3.13. The quantitative estimate of drug-likeness (QED) is 0.670. The fourth-order valence-corrected chi connectivity index (χ4v) is 3.34. The highest BCUT2D eigenvalue weighted by Gasteiger charge is 2.18. The van der Waals surface area contributed by atoms with Gasteiger partial charge in [-0.15, -0.1) is 11.3 Å². The van der Waals surface area contributed by atoms with Gasteiger partial charge in [0, 0.05) is 9.75 Å². The van der Waals surface area contributed by atoms with Gasteiger partial charge in [0.2, 0.25) is 0 Å². The zero-order valence-electron chi connectivity index (χ0n) is 9.76. The van der Waals surface area contributed by atoms with E-state index in [0.29, 0.717) is 5.92 Å². The Bertz CT molecular complexity index is 419. The van der Waals surface area contributed by atoms with Crippen LogP contribution in [-0.4, -0.2) is 0 Å². The molecule has 0 fully saturated rings. The van der Waals surface area contributed by atoms with Crippen LogP contribution in [0.2, 0.25) is 0 Å². The van der Waals surface area contributed by atoms with Crippen LogP contribution < -0.4 is 0 Å². The number of thiophene rings is 1. The smallest absolute Gasteiger partial charge is 0.0337 e. The van der Waals surface area contributed by atoms with Gasteiger partial charge in [-0.2, -0.15) is 0 Å². The van der Waals surface area contributed by atoms with Gasteiger partial charge >= 0.3 is 0 Å². The first-order valence-corrected chi connectivity index (χ1v) is 6.40. The van der Waals surface area contributed by atoms with E-state index in [2.05, 4.69) is 33.4 Å². The van der Waals surface area contributed by atoms with Crippen molar-refractivity contribution < 1.29 is 0 Å². The molecule has 15 heavy (non-hydrogen) atoms. The molecular weight excluding hydrogens is 200 g/mol. The van der Waals surface area contributed by atoms with E-state index in [4.69, 9.17) is 0 Å². The fourth-order valence-electron chi connectivity index (χ4n) is 2.10. The third kappa shape index (κ3) is 1.81. The lowest BCUT2D eigenvalue weighted by atomic mass is 9.92. The van der Waals surface area contributed by atoms with Crippen molar-refractivity contribution in [2.45, 2.75) is 39.5 Å². The average molecular weight is 218 g/mol. The molecule has 0 N–H and O–H groups in total. The van der Waals surface area contributed by atoms with Gasteiger partial charge in [-0.25, -0.2) is 0 Å². The highest BCUT2D eigenvalue weighted by molar-refractivity contribution is 7.13. The predicted molar refractivity (Wildman–Crippen MR) is 69.5 cm³/mol. The minimum absolute atomic E-state index is 0.653. The molecule has 1 heteroatoms. The molecule has 1 aliphatic carbocycles. The van der Waals surface area contributed by atoms with Gasteiger partial charge in [0.05, 0.1) is 0 Å². The summed E-state index contributed by atoms with van der Waals surface area (Å²) in [6.07, 6.45) is 4.38. The van der Waals surface area contributed by atoms with Crippen molar-refractivity contribution in [3.63, 3.8) is 0 Å². The molecule has 0 saturated heterocycles. The molecule has 0 aliphatic heterocycles. The highest BCUT2D eigenvalue weighted by atomic mass is 32.1. The van der Waals surface area contributed by atoms with Gasteiger partial charge in [-0.05, 0) is 48.5 Å². The molecule has 1 aliphatic rings. The lowest BCUT2D eigenvalue weighted by Gasteiger charge is -2.14. The van der Waals surface area contributed by atoms with Crippen LogP contribution in [0.1, 0.15) is 48.4 Å². The Balaban J connectivity index is 2.49. The summed E-state index contributed by atoms with van der Waals surface area (Å²) in [7, 11) is 0. The molecule has 1 aromatic rings.